The Morgan fingerprint density at radius 1 is 1.07 bits per heavy atom. The van der Waals surface area contributed by atoms with Crippen molar-refractivity contribution in [2.75, 3.05) is 0 Å². The van der Waals surface area contributed by atoms with E-state index in [1.54, 1.807) is 6.07 Å². The van der Waals surface area contributed by atoms with E-state index in [0.717, 1.165) is 29.5 Å². The molecule has 152 valence electrons. The molecular formula is C24H32O4. The number of phenols is 1. The SMILES string of the molecule is Cc1c(O)ccc2c1C=C[C@@]1(C)[C@@H]3CC[C@]21O[C@]1(OC(C)(C)[C@@H](C)[C@H]1O)[C@H]3C. The molecule has 1 saturated carbocycles. The van der Waals surface area contributed by atoms with E-state index in [4.69, 9.17) is 9.47 Å². The molecular weight excluding hydrogens is 352 g/mol. The molecule has 4 heteroatoms. The van der Waals surface area contributed by atoms with Crippen LogP contribution in [0.3, 0.4) is 0 Å². The first-order valence-corrected chi connectivity index (χ1v) is 10.6. The van der Waals surface area contributed by atoms with E-state index in [1.807, 2.05) is 13.0 Å². The smallest absolute Gasteiger partial charge is 0.199 e. The summed E-state index contributed by atoms with van der Waals surface area (Å²) in [5, 5.41) is 21.6. The Kier molecular flexibility index (Phi) is 3.47. The van der Waals surface area contributed by atoms with Crippen LogP contribution in [0.5, 0.6) is 5.75 Å². The van der Waals surface area contributed by atoms with Gasteiger partial charge in [-0.15, -0.1) is 0 Å². The highest BCUT2D eigenvalue weighted by Gasteiger charge is 2.74. The van der Waals surface area contributed by atoms with Gasteiger partial charge in [-0.2, -0.15) is 0 Å². The Morgan fingerprint density at radius 3 is 2.43 bits per heavy atom. The lowest BCUT2D eigenvalue weighted by molar-refractivity contribution is -0.382. The standard InChI is InChI=1S/C24H32O4/c1-13-16-9-11-22(6)17-10-12-23(22,18(16)7-8-19(13)25)28-24(14(17)2)20(26)15(3)21(4,5)27-24/h7-9,11,14-15,17,20,25-26H,10,12H2,1-6H3/t14-,15-,17+,20+,22-,23-,24+/m0/s1. The maximum atomic E-state index is 11.4. The molecule has 1 aromatic rings. The summed E-state index contributed by atoms with van der Waals surface area (Å²) in [7, 11) is 0. The maximum absolute atomic E-state index is 11.4. The van der Waals surface area contributed by atoms with Gasteiger partial charge < -0.3 is 19.7 Å². The number of aromatic hydroxyl groups is 1. The molecule has 0 radical (unpaired) electrons. The van der Waals surface area contributed by atoms with Crippen molar-refractivity contribution in [2.45, 2.75) is 77.5 Å². The summed E-state index contributed by atoms with van der Waals surface area (Å²) in [6, 6.07) is 3.80. The molecule has 0 aromatic heterocycles. The molecule has 2 N–H and O–H groups in total. The molecule has 0 amide bonds. The van der Waals surface area contributed by atoms with Crippen LogP contribution in [-0.4, -0.2) is 27.7 Å². The Balaban J connectivity index is 1.74. The quantitative estimate of drug-likeness (QED) is 0.691. The molecule has 3 fully saturated rings. The van der Waals surface area contributed by atoms with Gasteiger partial charge >= 0.3 is 0 Å². The fourth-order valence-corrected chi connectivity index (χ4v) is 6.82. The van der Waals surface area contributed by atoms with Crippen molar-refractivity contribution >= 4 is 6.08 Å². The van der Waals surface area contributed by atoms with Crippen LogP contribution in [0.25, 0.3) is 6.08 Å². The minimum Gasteiger partial charge on any atom is -0.508 e. The molecule has 2 heterocycles. The van der Waals surface area contributed by atoms with Gasteiger partial charge in [0.2, 0.25) is 0 Å². The van der Waals surface area contributed by atoms with Crippen molar-refractivity contribution in [2.24, 2.45) is 23.2 Å². The van der Waals surface area contributed by atoms with Crippen LogP contribution in [-0.2, 0) is 15.1 Å². The number of benzene rings is 1. The van der Waals surface area contributed by atoms with E-state index in [0.29, 0.717) is 11.7 Å². The molecule has 2 aliphatic carbocycles. The second kappa shape index (κ2) is 5.21. The molecule has 28 heavy (non-hydrogen) atoms. The van der Waals surface area contributed by atoms with Gasteiger partial charge in [-0.05, 0) is 62.3 Å². The predicted octanol–water partition coefficient (Wildman–Crippen LogP) is 4.51. The van der Waals surface area contributed by atoms with Gasteiger partial charge in [0.1, 0.15) is 17.5 Å². The summed E-state index contributed by atoms with van der Waals surface area (Å²) in [4.78, 5) is 0. The zero-order chi connectivity index (χ0) is 20.3. The number of hydrogen-bond donors (Lipinski definition) is 2. The highest BCUT2D eigenvalue weighted by atomic mass is 16.7. The van der Waals surface area contributed by atoms with Gasteiger partial charge in [-0.25, -0.2) is 0 Å². The fourth-order valence-electron chi connectivity index (χ4n) is 6.82. The first kappa shape index (κ1) is 18.7. The molecule has 1 aromatic carbocycles. The minimum atomic E-state index is -1.00. The average Bonchev–Trinajstić information content (AvgIpc) is 2.96. The Hall–Kier alpha value is -1.36. The lowest BCUT2D eigenvalue weighted by Crippen LogP contribution is -2.64. The minimum absolute atomic E-state index is 0.0183. The maximum Gasteiger partial charge on any atom is 0.199 e. The summed E-state index contributed by atoms with van der Waals surface area (Å²) in [5.41, 5.74) is 1.89. The second-order valence-electron chi connectivity index (χ2n) is 10.3. The van der Waals surface area contributed by atoms with Gasteiger partial charge in [-0.3, -0.25) is 0 Å². The monoisotopic (exact) mass is 384 g/mol. The largest absolute Gasteiger partial charge is 0.508 e. The first-order chi connectivity index (χ1) is 13.0. The molecule has 7 atom stereocenters. The van der Waals surface area contributed by atoms with Gasteiger partial charge in [0, 0.05) is 17.3 Å². The zero-order valence-corrected chi connectivity index (χ0v) is 17.7. The van der Waals surface area contributed by atoms with Gasteiger partial charge in [0.25, 0.3) is 0 Å². The van der Waals surface area contributed by atoms with Crippen LogP contribution in [0.15, 0.2) is 18.2 Å². The molecule has 4 aliphatic rings. The van der Waals surface area contributed by atoms with Crippen LogP contribution in [0, 0.1) is 30.1 Å². The Morgan fingerprint density at radius 2 is 1.79 bits per heavy atom. The second-order valence-corrected chi connectivity index (χ2v) is 10.3. The summed E-state index contributed by atoms with van der Waals surface area (Å²) in [6.07, 6.45) is 5.71. The van der Waals surface area contributed by atoms with E-state index in [-0.39, 0.29) is 17.3 Å². The molecule has 0 unspecified atom stereocenters. The third kappa shape index (κ3) is 1.83. The summed E-state index contributed by atoms with van der Waals surface area (Å²) in [6.45, 7) is 12.6. The molecule has 2 aliphatic heterocycles. The lowest BCUT2D eigenvalue weighted by Gasteiger charge is -2.59. The first-order valence-electron chi connectivity index (χ1n) is 10.6. The summed E-state index contributed by atoms with van der Waals surface area (Å²) in [5.74, 6) is -0.274. The zero-order valence-electron chi connectivity index (χ0n) is 17.7. The number of aliphatic hydroxyl groups excluding tert-OH is 1. The highest BCUT2D eigenvalue weighted by Crippen LogP contribution is 2.71. The number of fused-ring (bicyclic) bond motifs is 1. The number of rotatable bonds is 0. The third-order valence-corrected chi connectivity index (χ3v) is 8.94. The van der Waals surface area contributed by atoms with Crippen molar-refractivity contribution in [1.82, 2.24) is 0 Å². The highest BCUT2D eigenvalue weighted by molar-refractivity contribution is 5.67. The summed E-state index contributed by atoms with van der Waals surface area (Å²) >= 11 is 0. The van der Waals surface area contributed by atoms with E-state index in [9.17, 15) is 10.2 Å². The molecule has 1 spiro atoms. The van der Waals surface area contributed by atoms with Gasteiger partial charge in [-0.1, -0.05) is 39.0 Å². The fraction of sp³-hybridized carbons (Fsp3) is 0.667. The van der Waals surface area contributed by atoms with Crippen LogP contribution in [0.1, 0.15) is 64.2 Å². The van der Waals surface area contributed by atoms with E-state index < -0.39 is 23.1 Å². The Labute approximate surface area is 167 Å². The van der Waals surface area contributed by atoms with Crippen molar-refractivity contribution in [3.05, 3.63) is 34.9 Å². The number of hydrogen-bond acceptors (Lipinski definition) is 4. The predicted molar refractivity (Wildman–Crippen MR) is 108 cm³/mol. The van der Waals surface area contributed by atoms with Gasteiger partial charge in [0.05, 0.1) is 5.60 Å². The van der Waals surface area contributed by atoms with E-state index >= 15 is 0 Å². The average molecular weight is 385 g/mol. The molecule has 5 rings (SSSR count). The van der Waals surface area contributed by atoms with Crippen molar-refractivity contribution in [3.63, 3.8) is 0 Å². The van der Waals surface area contributed by atoms with Crippen LogP contribution in [0.4, 0.5) is 0 Å². The van der Waals surface area contributed by atoms with Crippen LogP contribution in [0.2, 0.25) is 0 Å². The molecule has 2 bridgehead atoms. The number of ether oxygens (including phenoxy) is 2. The summed E-state index contributed by atoms with van der Waals surface area (Å²) < 4.78 is 13.7. The molecule has 2 saturated heterocycles. The van der Waals surface area contributed by atoms with E-state index in [1.165, 1.54) is 0 Å². The number of phenolic OH excluding ortho intramolecular Hbond substituents is 1. The Bertz CT molecular complexity index is 889. The molecule has 4 nitrogen and oxygen atoms in total. The van der Waals surface area contributed by atoms with Crippen LogP contribution < -0.4 is 0 Å². The lowest BCUT2D eigenvalue weighted by atomic mass is 9.57. The van der Waals surface area contributed by atoms with E-state index in [2.05, 4.69) is 46.8 Å². The van der Waals surface area contributed by atoms with Crippen molar-refractivity contribution in [3.8, 4) is 5.75 Å². The normalized spacial score (nSPS) is 48.0. The third-order valence-electron chi connectivity index (χ3n) is 8.94. The van der Waals surface area contributed by atoms with Crippen molar-refractivity contribution < 1.29 is 19.7 Å². The van der Waals surface area contributed by atoms with Crippen LogP contribution >= 0.6 is 0 Å². The van der Waals surface area contributed by atoms with Crippen molar-refractivity contribution in [1.29, 1.82) is 0 Å². The topological polar surface area (TPSA) is 58.9 Å². The number of aliphatic hydroxyl groups is 1. The van der Waals surface area contributed by atoms with Gasteiger partial charge in [0.15, 0.2) is 5.79 Å².